The third-order valence-corrected chi connectivity index (χ3v) is 4.29. The van der Waals surface area contributed by atoms with Gasteiger partial charge in [0.25, 0.3) is 5.91 Å². The van der Waals surface area contributed by atoms with Gasteiger partial charge in [-0.2, -0.15) is 4.98 Å². The molecule has 0 radical (unpaired) electrons. The molecular weight excluding hydrogens is 400 g/mol. The number of nitrogen functional groups attached to an aromatic ring is 2. The highest BCUT2D eigenvalue weighted by molar-refractivity contribution is 5.96. The Morgan fingerprint density at radius 1 is 0.806 bits per heavy atom. The Kier molecular flexibility index (Phi) is 5.43. The number of hydrogen-bond donors (Lipinski definition) is 2. The number of aromatic nitrogens is 4. The van der Waals surface area contributed by atoms with Gasteiger partial charge in [-0.25, -0.2) is 14.5 Å². The maximum Gasteiger partial charge on any atom is 0.273 e. The summed E-state index contributed by atoms with van der Waals surface area (Å²) in [5.74, 6) is -0.300. The Morgan fingerprint density at radius 3 is 2.00 bits per heavy atom. The van der Waals surface area contributed by atoms with E-state index in [0.717, 1.165) is 4.57 Å². The molecule has 0 atom stereocenters. The molecule has 2 aliphatic rings. The Labute approximate surface area is 176 Å². The maximum absolute atomic E-state index is 12.6. The van der Waals surface area contributed by atoms with Gasteiger partial charge >= 0.3 is 0 Å². The van der Waals surface area contributed by atoms with Crippen LogP contribution in [0.1, 0.15) is 15.4 Å². The first-order valence-corrected chi connectivity index (χ1v) is 9.26. The Morgan fingerprint density at radius 2 is 1.39 bits per heavy atom. The molecule has 2 aromatic carbocycles. The quantitative estimate of drug-likeness (QED) is 0.429. The van der Waals surface area contributed by atoms with E-state index in [-0.39, 0.29) is 42.3 Å². The average Bonchev–Trinajstić information content (AvgIpc) is 3.22. The van der Waals surface area contributed by atoms with Crippen molar-refractivity contribution in [2.24, 2.45) is 0 Å². The van der Waals surface area contributed by atoms with Crippen molar-refractivity contribution in [3.8, 4) is 23.0 Å². The minimum atomic E-state index is -0.545. The van der Waals surface area contributed by atoms with Gasteiger partial charge in [0.2, 0.25) is 17.6 Å². The van der Waals surface area contributed by atoms with E-state index in [1.54, 1.807) is 48.5 Å². The first-order valence-electron chi connectivity index (χ1n) is 9.26. The molecule has 0 aliphatic carbocycles. The van der Waals surface area contributed by atoms with Crippen LogP contribution in [0, 0.1) is 0 Å². The number of ketones is 1. The lowest BCUT2D eigenvalue weighted by Crippen LogP contribution is -2.26. The fourth-order valence-electron chi connectivity index (χ4n) is 2.82. The van der Waals surface area contributed by atoms with Crippen LogP contribution in [0.3, 0.4) is 0 Å². The van der Waals surface area contributed by atoms with Crippen molar-refractivity contribution in [3.63, 3.8) is 0 Å². The van der Waals surface area contributed by atoms with E-state index in [0.29, 0.717) is 11.5 Å². The van der Waals surface area contributed by atoms with Crippen LogP contribution in [0.25, 0.3) is 11.5 Å². The van der Waals surface area contributed by atoms with Gasteiger partial charge in [0.05, 0.1) is 0 Å². The van der Waals surface area contributed by atoms with E-state index in [1.165, 1.54) is 0 Å². The number of fused-ring (bicyclic) bond motifs is 1. The van der Waals surface area contributed by atoms with Crippen LogP contribution in [0.15, 0.2) is 60.7 Å². The van der Waals surface area contributed by atoms with Gasteiger partial charge in [-0.3, -0.25) is 9.59 Å². The smallest absolute Gasteiger partial charge is 0.273 e. The van der Waals surface area contributed by atoms with Gasteiger partial charge in [-0.15, -0.1) is 0 Å². The van der Waals surface area contributed by atoms with E-state index in [2.05, 4.69) is 15.0 Å². The van der Waals surface area contributed by atoms with Crippen LogP contribution in [-0.2, 0) is 0 Å². The number of carbonyl (C=O) groups is 2. The largest absolute Gasteiger partial charge is 0.485 e. The van der Waals surface area contributed by atoms with Crippen LogP contribution in [-0.4, -0.2) is 44.4 Å². The molecule has 0 saturated carbocycles. The monoisotopic (exact) mass is 418 g/mol. The van der Waals surface area contributed by atoms with Crippen LogP contribution in [0.2, 0.25) is 0 Å². The molecule has 4 rings (SSSR count). The average molecular weight is 418 g/mol. The Bertz CT molecular complexity index is 1190. The molecule has 0 unspecified atom stereocenters. The number of ether oxygens (including phenoxy) is 2. The molecule has 10 heteroatoms. The number of Topliss-reactive ketones (excluding diaryl/α,β-unsaturated/α-hetero) is 1. The molecule has 10 nitrogen and oxygen atoms in total. The number of nitrogens with two attached hydrogens (primary N) is 2. The Hall–Kier alpha value is -4.47. The van der Waals surface area contributed by atoms with Crippen molar-refractivity contribution in [2.75, 3.05) is 24.7 Å². The molecule has 2 aromatic rings. The number of para-hydroxylation sites is 2. The molecule has 0 amide bonds. The van der Waals surface area contributed by atoms with Crippen molar-refractivity contribution >= 4 is 23.5 Å². The van der Waals surface area contributed by atoms with Gasteiger partial charge in [-0.05, 0) is 24.3 Å². The second kappa shape index (κ2) is 8.49. The van der Waals surface area contributed by atoms with E-state index >= 15 is 0 Å². The summed E-state index contributed by atoms with van der Waals surface area (Å²) in [6, 6.07) is 17.7. The zero-order valence-electron chi connectivity index (χ0n) is 16.3. The molecule has 31 heavy (non-hydrogen) atoms. The van der Waals surface area contributed by atoms with Crippen molar-refractivity contribution in [2.45, 2.75) is 0 Å². The summed E-state index contributed by atoms with van der Waals surface area (Å²) in [6.07, 6.45) is 0. The van der Waals surface area contributed by atoms with Crippen LogP contribution in [0.5, 0.6) is 11.5 Å². The third kappa shape index (κ3) is 4.27. The number of carbonyl (C=O) groups excluding carboxylic acids is 2. The topological polar surface area (TPSA) is 148 Å². The maximum atomic E-state index is 12.6. The van der Waals surface area contributed by atoms with Gasteiger partial charge in [-0.1, -0.05) is 36.4 Å². The summed E-state index contributed by atoms with van der Waals surface area (Å²) < 4.78 is 11.9. The summed E-state index contributed by atoms with van der Waals surface area (Å²) in [5, 5.41) is 0. The molecule has 0 bridgehead atoms. The molecule has 2 heterocycles. The SMILES string of the molecule is Nc1nc2nc(C(=O)COc3ccccc3)nc-2c(N)n1C(=O)COc1ccccc1. The van der Waals surface area contributed by atoms with Crippen LogP contribution < -0.4 is 20.9 Å². The summed E-state index contributed by atoms with van der Waals surface area (Å²) in [7, 11) is 0. The zero-order chi connectivity index (χ0) is 21.8. The normalized spacial score (nSPS) is 10.7. The van der Waals surface area contributed by atoms with E-state index < -0.39 is 11.7 Å². The van der Waals surface area contributed by atoms with E-state index in [1.807, 2.05) is 12.1 Å². The van der Waals surface area contributed by atoms with Crippen molar-refractivity contribution < 1.29 is 19.1 Å². The molecule has 0 aromatic heterocycles. The third-order valence-electron chi connectivity index (χ3n) is 4.29. The number of nitrogens with zero attached hydrogens (tertiary/aromatic N) is 4. The highest BCUT2D eigenvalue weighted by Gasteiger charge is 2.26. The highest BCUT2D eigenvalue weighted by Crippen LogP contribution is 2.26. The fourth-order valence-corrected chi connectivity index (χ4v) is 2.82. The lowest BCUT2D eigenvalue weighted by atomic mass is 10.3. The molecule has 0 spiro atoms. The first kappa shape index (κ1) is 19.8. The minimum absolute atomic E-state index is 0.0612. The second-order valence-electron chi connectivity index (χ2n) is 6.43. The summed E-state index contributed by atoms with van der Waals surface area (Å²) >= 11 is 0. The number of hydrogen-bond acceptors (Lipinski definition) is 9. The minimum Gasteiger partial charge on any atom is -0.485 e. The Balaban J connectivity index is 1.53. The molecule has 4 N–H and O–H groups in total. The summed E-state index contributed by atoms with van der Waals surface area (Å²) in [4.78, 5) is 37.3. The molecule has 156 valence electrons. The summed E-state index contributed by atoms with van der Waals surface area (Å²) in [6.45, 7) is -0.583. The van der Waals surface area contributed by atoms with Crippen molar-refractivity contribution in [3.05, 3.63) is 66.5 Å². The van der Waals surface area contributed by atoms with Gasteiger partial charge in [0.15, 0.2) is 24.7 Å². The molecule has 2 aliphatic heterocycles. The molecule has 0 saturated heterocycles. The highest BCUT2D eigenvalue weighted by atomic mass is 16.5. The first-order chi connectivity index (χ1) is 15.0. The van der Waals surface area contributed by atoms with Crippen molar-refractivity contribution in [1.82, 2.24) is 19.5 Å². The second-order valence-corrected chi connectivity index (χ2v) is 6.43. The summed E-state index contributed by atoms with van der Waals surface area (Å²) in [5.41, 5.74) is 12.1. The lowest BCUT2D eigenvalue weighted by Gasteiger charge is -2.14. The number of imidazole rings is 1. The molecular formula is C21H18N6O4. The number of benzene rings is 2. The molecule has 0 fully saturated rings. The fraction of sp³-hybridized carbons (Fsp3) is 0.0952. The standard InChI is InChI=1S/C21H18N6O4/c22-18-17-20(25-19(24-17)15(28)11-30-13-7-3-1-4-8-13)26-21(23)27(18)16(29)12-31-14-9-5-2-6-10-14/h1-10H,11-12,22H2,(H2,23,24,25,26). The predicted octanol–water partition coefficient (Wildman–Crippen LogP) is 1.92. The van der Waals surface area contributed by atoms with Gasteiger partial charge in [0.1, 0.15) is 17.3 Å². The van der Waals surface area contributed by atoms with E-state index in [4.69, 9.17) is 20.9 Å². The zero-order valence-corrected chi connectivity index (χ0v) is 16.3. The number of rotatable bonds is 7. The van der Waals surface area contributed by atoms with Crippen LogP contribution >= 0.6 is 0 Å². The van der Waals surface area contributed by atoms with E-state index in [9.17, 15) is 9.59 Å². The predicted molar refractivity (Wildman–Crippen MR) is 112 cm³/mol. The van der Waals surface area contributed by atoms with Crippen molar-refractivity contribution in [1.29, 1.82) is 0 Å². The van der Waals surface area contributed by atoms with Gasteiger partial charge < -0.3 is 20.9 Å². The van der Waals surface area contributed by atoms with Crippen LogP contribution in [0.4, 0.5) is 11.8 Å². The number of anilines is 2. The van der Waals surface area contributed by atoms with Gasteiger partial charge in [0, 0.05) is 0 Å². The lowest BCUT2D eigenvalue weighted by molar-refractivity contribution is 0.0841.